The summed E-state index contributed by atoms with van der Waals surface area (Å²) in [6.45, 7) is 11.6. The number of methoxy groups -OCH3 is 1. The number of anilines is 1. The monoisotopic (exact) mass is 441 g/mol. The fraction of sp³-hybridized carbons (Fsp3) is 0.591. The molecule has 8 nitrogen and oxygen atoms in total. The largest absolute Gasteiger partial charge is 0.480 e. The Morgan fingerprint density at radius 1 is 1.19 bits per heavy atom. The average Bonchev–Trinajstić information content (AvgIpc) is 3.54. The van der Waals surface area contributed by atoms with Gasteiger partial charge < -0.3 is 9.47 Å². The van der Waals surface area contributed by atoms with Gasteiger partial charge in [0, 0.05) is 32.4 Å². The van der Waals surface area contributed by atoms with Crippen LogP contribution in [0.1, 0.15) is 43.9 Å². The van der Waals surface area contributed by atoms with Gasteiger partial charge >= 0.3 is 0 Å². The number of hydrogen-bond acceptors (Lipinski definition) is 7. The van der Waals surface area contributed by atoms with Gasteiger partial charge in [0.05, 0.1) is 18.2 Å². The van der Waals surface area contributed by atoms with Gasteiger partial charge in [-0.1, -0.05) is 19.6 Å². The Labute approximate surface area is 184 Å². The summed E-state index contributed by atoms with van der Waals surface area (Å²) in [6, 6.07) is 1.05. The first-order chi connectivity index (χ1) is 14.6. The van der Waals surface area contributed by atoms with Crippen LogP contribution >= 0.6 is 0 Å². The van der Waals surface area contributed by atoms with E-state index in [-0.39, 0.29) is 12.6 Å². The van der Waals surface area contributed by atoms with Crippen LogP contribution in [0.15, 0.2) is 12.5 Å². The topological polar surface area (TPSA) is 90.3 Å². The standard InChI is InChI=1S/C22H31N5O3Si/c1-22(2)15-11-23-18(16-17(14-7-8-14)24-12-25-20(16)29-3)26-19(15)27(21(22)28)13-30-9-10-31(4,5)6/h11-12,14H,7-10,13H2,1-6H3. The van der Waals surface area contributed by atoms with Crippen molar-refractivity contribution in [3.63, 3.8) is 0 Å². The lowest BCUT2D eigenvalue weighted by Crippen LogP contribution is -2.38. The predicted octanol–water partition coefficient (Wildman–Crippen LogP) is 3.76. The second-order valence-corrected chi connectivity index (χ2v) is 15.7. The Kier molecular flexibility index (Phi) is 5.59. The van der Waals surface area contributed by atoms with Gasteiger partial charge in [-0.2, -0.15) is 0 Å². The maximum Gasteiger partial charge on any atom is 0.240 e. The van der Waals surface area contributed by atoms with Crippen molar-refractivity contribution in [2.45, 2.75) is 63.7 Å². The van der Waals surface area contributed by atoms with Crippen LogP contribution in [0.2, 0.25) is 25.7 Å². The zero-order chi connectivity index (χ0) is 22.4. The summed E-state index contributed by atoms with van der Waals surface area (Å²) in [5, 5.41) is 0. The molecule has 0 bridgehead atoms. The minimum atomic E-state index is -1.21. The number of carbonyl (C=O) groups excluding carboxylic acids is 1. The summed E-state index contributed by atoms with van der Waals surface area (Å²) in [5.74, 6) is 1.89. The molecule has 0 unspecified atom stereocenters. The Hall–Kier alpha value is -2.39. The zero-order valence-electron chi connectivity index (χ0n) is 19.2. The molecule has 2 aromatic rings. The number of aromatic nitrogens is 4. The van der Waals surface area contributed by atoms with Gasteiger partial charge in [-0.3, -0.25) is 9.69 Å². The van der Waals surface area contributed by atoms with Crippen molar-refractivity contribution in [3.05, 3.63) is 23.8 Å². The minimum absolute atomic E-state index is 0.0272. The van der Waals surface area contributed by atoms with E-state index in [0.29, 0.717) is 35.6 Å². The van der Waals surface area contributed by atoms with Crippen LogP contribution in [0, 0.1) is 0 Å². The molecule has 1 amide bonds. The number of ether oxygens (including phenoxy) is 2. The number of rotatable bonds is 8. The van der Waals surface area contributed by atoms with E-state index in [1.807, 2.05) is 13.8 Å². The lowest BCUT2D eigenvalue weighted by molar-refractivity contribution is -0.123. The molecule has 2 aromatic heterocycles. The van der Waals surface area contributed by atoms with Gasteiger partial charge in [0.15, 0.2) is 5.82 Å². The molecule has 0 aromatic carbocycles. The minimum Gasteiger partial charge on any atom is -0.480 e. The van der Waals surface area contributed by atoms with Crippen molar-refractivity contribution in [1.82, 2.24) is 19.9 Å². The van der Waals surface area contributed by atoms with Crippen LogP contribution in [0.25, 0.3) is 11.4 Å². The number of hydrogen-bond donors (Lipinski definition) is 0. The van der Waals surface area contributed by atoms with Crippen molar-refractivity contribution >= 4 is 19.8 Å². The molecule has 1 fully saturated rings. The van der Waals surface area contributed by atoms with E-state index in [4.69, 9.17) is 14.5 Å². The van der Waals surface area contributed by atoms with Gasteiger partial charge in [0.1, 0.15) is 24.4 Å². The second-order valence-electron chi connectivity index (χ2n) is 10.1. The summed E-state index contributed by atoms with van der Waals surface area (Å²) in [6.07, 6.45) is 5.44. The van der Waals surface area contributed by atoms with E-state index in [9.17, 15) is 4.79 Å². The van der Waals surface area contributed by atoms with Crippen LogP contribution in [0.5, 0.6) is 5.88 Å². The molecule has 1 saturated carbocycles. The second kappa shape index (κ2) is 7.94. The van der Waals surface area contributed by atoms with E-state index >= 15 is 0 Å². The molecule has 2 aliphatic rings. The highest BCUT2D eigenvalue weighted by Gasteiger charge is 2.46. The Bertz CT molecular complexity index is 1000. The molecule has 0 atom stereocenters. The van der Waals surface area contributed by atoms with Crippen molar-refractivity contribution in [1.29, 1.82) is 0 Å². The van der Waals surface area contributed by atoms with Gasteiger partial charge in [-0.15, -0.1) is 0 Å². The first-order valence-electron chi connectivity index (χ1n) is 10.8. The molecule has 1 aliphatic carbocycles. The van der Waals surface area contributed by atoms with Crippen molar-refractivity contribution < 1.29 is 14.3 Å². The fourth-order valence-electron chi connectivity index (χ4n) is 3.76. The number of amides is 1. The Morgan fingerprint density at radius 2 is 1.94 bits per heavy atom. The predicted molar refractivity (Wildman–Crippen MR) is 121 cm³/mol. The van der Waals surface area contributed by atoms with E-state index in [1.165, 1.54) is 6.33 Å². The van der Waals surface area contributed by atoms with E-state index in [0.717, 1.165) is 30.1 Å². The molecule has 0 radical (unpaired) electrons. The fourth-order valence-corrected chi connectivity index (χ4v) is 4.51. The third kappa shape index (κ3) is 4.21. The number of fused-ring (bicyclic) bond motifs is 1. The molecule has 0 N–H and O–H groups in total. The van der Waals surface area contributed by atoms with Gasteiger partial charge in [-0.25, -0.2) is 19.9 Å². The summed E-state index contributed by atoms with van der Waals surface area (Å²) in [5.41, 5.74) is 1.73. The summed E-state index contributed by atoms with van der Waals surface area (Å²) in [4.78, 5) is 33.0. The van der Waals surface area contributed by atoms with Crippen LogP contribution < -0.4 is 9.64 Å². The summed E-state index contributed by atoms with van der Waals surface area (Å²) in [7, 11) is 0.377. The van der Waals surface area contributed by atoms with Crippen LogP contribution in [-0.4, -0.2) is 54.4 Å². The Balaban J connectivity index is 1.69. The van der Waals surface area contributed by atoms with Gasteiger partial charge in [0.25, 0.3) is 0 Å². The molecule has 0 saturated heterocycles. The van der Waals surface area contributed by atoms with Gasteiger partial charge in [0.2, 0.25) is 11.8 Å². The third-order valence-corrected chi connectivity index (χ3v) is 7.62. The van der Waals surface area contributed by atoms with Crippen LogP contribution in [0.4, 0.5) is 5.82 Å². The molecule has 3 heterocycles. The zero-order valence-corrected chi connectivity index (χ0v) is 20.2. The first-order valence-corrected chi connectivity index (χ1v) is 14.5. The highest BCUT2D eigenvalue weighted by Crippen LogP contribution is 2.46. The smallest absolute Gasteiger partial charge is 0.240 e. The molecule has 31 heavy (non-hydrogen) atoms. The Morgan fingerprint density at radius 3 is 2.58 bits per heavy atom. The molecular weight excluding hydrogens is 410 g/mol. The average molecular weight is 442 g/mol. The summed E-state index contributed by atoms with van der Waals surface area (Å²) >= 11 is 0. The summed E-state index contributed by atoms with van der Waals surface area (Å²) < 4.78 is 11.4. The van der Waals surface area contributed by atoms with Crippen molar-refractivity contribution in [2.24, 2.45) is 0 Å². The lowest BCUT2D eigenvalue weighted by Gasteiger charge is -2.21. The van der Waals surface area contributed by atoms with E-state index in [2.05, 4.69) is 34.6 Å². The highest BCUT2D eigenvalue weighted by atomic mass is 28.3. The third-order valence-electron chi connectivity index (χ3n) is 5.92. The normalized spacial score (nSPS) is 17.7. The van der Waals surface area contributed by atoms with Crippen LogP contribution in [-0.2, 0) is 14.9 Å². The number of nitrogens with zero attached hydrogens (tertiary/aromatic N) is 5. The molecule has 0 spiro atoms. The maximum atomic E-state index is 13.2. The van der Waals surface area contributed by atoms with E-state index < -0.39 is 13.5 Å². The lowest BCUT2D eigenvalue weighted by atomic mass is 9.88. The highest BCUT2D eigenvalue weighted by molar-refractivity contribution is 6.76. The van der Waals surface area contributed by atoms with Gasteiger partial charge in [-0.05, 0) is 32.7 Å². The van der Waals surface area contributed by atoms with Crippen molar-refractivity contribution in [3.8, 4) is 17.3 Å². The first kappa shape index (κ1) is 21.8. The molecular formula is C22H31N5O3Si. The molecule has 166 valence electrons. The number of carbonyl (C=O) groups is 1. The van der Waals surface area contributed by atoms with Crippen LogP contribution in [0.3, 0.4) is 0 Å². The van der Waals surface area contributed by atoms with Crippen molar-refractivity contribution in [2.75, 3.05) is 25.3 Å². The maximum absolute atomic E-state index is 13.2. The SMILES string of the molecule is COc1ncnc(C2CC2)c1-c1ncc2c(n1)N(COCC[Si](C)(C)C)C(=O)C2(C)C. The quantitative estimate of drug-likeness (QED) is 0.455. The molecule has 4 rings (SSSR count). The molecule has 9 heteroatoms. The molecule has 1 aliphatic heterocycles. The van der Waals surface area contributed by atoms with E-state index in [1.54, 1.807) is 18.2 Å².